The van der Waals surface area contributed by atoms with Crippen molar-refractivity contribution in [2.75, 3.05) is 31.6 Å². The van der Waals surface area contributed by atoms with Crippen molar-refractivity contribution in [3.05, 3.63) is 40.6 Å². The number of hydrogen-bond donors (Lipinski definition) is 3. The van der Waals surface area contributed by atoms with E-state index in [2.05, 4.69) is 74.1 Å². The molecule has 0 aromatic carbocycles. The van der Waals surface area contributed by atoms with Crippen LogP contribution in [0.2, 0.25) is 0 Å². The minimum atomic E-state index is -0.0582. The number of aryl methyl sites for hydroxylation is 2. The molecule has 0 fully saturated rings. The molecule has 0 bridgehead atoms. The van der Waals surface area contributed by atoms with Gasteiger partial charge in [-0.15, -0.1) is 0 Å². The zero-order valence-corrected chi connectivity index (χ0v) is 24.4. The lowest BCUT2D eigenvalue weighted by molar-refractivity contribution is -0.105. The normalized spacial score (nSPS) is 11.8. The fourth-order valence-corrected chi connectivity index (χ4v) is 3.83. The quantitative estimate of drug-likeness (QED) is 0.228. The van der Waals surface area contributed by atoms with E-state index in [0.29, 0.717) is 43.3 Å². The number of amides is 1. The molecule has 0 aliphatic heterocycles. The minimum absolute atomic E-state index is 0.0530. The number of pyridine rings is 1. The van der Waals surface area contributed by atoms with Crippen LogP contribution in [0.3, 0.4) is 0 Å². The fourth-order valence-electron chi connectivity index (χ4n) is 3.83. The Kier molecular flexibility index (Phi) is 13.1. The van der Waals surface area contributed by atoms with Crippen LogP contribution in [0.25, 0.3) is 0 Å². The average molecular weight is 528 g/mol. The van der Waals surface area contributed by atoms with Crippen LogP contribution in [0.4, 0.5) is 11.5 Å². The molecule has 10 nitrogen and oxygen atoms in total. The maximum atomic E-state index is 11.5. The Balaban J connectivity index is 0.00000352. The molecular weight excluding hydrogens is 482 g/mol. The lowest BCUT2D eigenvalue weighted by Gasteiger charge is -2.29. The Morgan fingerprint density at radius 2 is 1.68 bits per heavy atom. The highest BCUT2D eigenvalue weighted by Gasteiger charge is 2.23. The molecule has 2 aromatic heterocycles. The van der Waals surface area contributed by atoms with E-state index in [4.69, 9.17) is 9.79 Å². The number of amidine groups is 1. The van der Waals surface area contributed by atoms with Gasteiger partial charge in [0.05, 0.1) is 23.6 Å². The largest absolute Gasteiger partial charge is 0.395 e. The first-order valence-corrected chi connectivity index (χ1v) is 12.9. The van der Waals surface area contributed by atoms with Gasteiger partial charge in [0.1, 0.15) is 30.5 Å². The molecule has 2 rings (SSSR count). The monoisotopic (exact) mass is 527 g/mol. The number of aliphatic imine (C=N–C) groups is 1. The number of hydrogen-bond acceptors (Lipinski definition) is 8. The van der Waals surface area contributed by atoms with Gasteiger partial charge in [0, 0.05) is 30.9 Å². The van der Waals surface area contributed by atoms with E-state index in [9.17, 15) is 9.90 Å². The van der Waals surface area contributed by atoms with Gasteiger partial charge in [0.25, 0.3) is 0 Å². The summed E-state index contributed by atoms with van der Waals surface area (Å²) in [6.45, 7) is 22.1. The van der Waals surface area contributed by atoms with E-state index < -0.39 is 0 Å². The number of rotatable bonds is 11. The molecule has 38 heavy (non-hydrogen) atoms. The first-order valence-electron chi connectivity index (χ1n) is 12.9. The van der Waals surface area contributed by atoms with Crippen LogP contribution in [-0.2, 0) is 9.59 Å². The molecule has 0 radical (unpaired) electrons. The summed E-state index contributed by atoms with van der Waals surface area (Å²) < 4.78 is 0. The summed E-state index contributed by atoms with van der Waals surface area (Å²) in [6, 6.07) is 1.99. The van der Waals surface area contributed by atoms with Crippen molar-refractivity contribution in [3.63, 3.8) is 0 Å². The lowest BCUT2D eigenvalue weighted by Crippen LogP contribution is -2.44. The Morgan fingerprint density at radius 1 is 1.11 bits per heavy atom. The number of anilines is 1. The van der Waals surface area contributed by atoms with Crippen LogP contribution in [0.15, 0.2) is 17.4 Å². The summed E-state index contributed by atoms with van der Waals surface area (Å²) >= 11 is 0. The highest BCUT2D eigenvalue weighted by atomic mass is 16.3. The molecule has 2 heterocycles. The molecule has 1 amide bonds. The Hall–Kier alpha value is -3.24. The molecule has 2 aromatic rings. The number of carbonyl (C=O) groups is 2. The summed E-state index contributed by atoms with van der Waals surface area (Å²) in [6.07, 6.45) is 2.22. The van der Waals surface area contributed by atoms with E-state index in [1.807, 2.05) is 31.6 Å². The van der Waals surface area contributed by atoms with Crippen LogP contribution in [0.1, 0.15) is 88.5 Å². The number of carbonyl (C=O) groups excluding carboxylic acids is 2. The maximum absolute atomic E-state index is 11.5. The molecule has 0 saturated heterocycles. The number of nitrogens with zero attached hydrogens (tertiary/aromatic N) is 5. The number of nitrogens with one attached hydrogen (secondary N) is 2. The molecule has 0 aliphatic rings. The van der Waals surface area contributed by atoms with Crippen molar-refractivity contribution >= 4 is 30.5 Å². The number of aromatic nitrogens is 3. The van der Waals surface area contributed by atoms with Crippen LogP contribution in [-0.4, -0.2) is 75.8 Å². The smallest absolute Gasteiger partial charge is 0.212 e. The highest BCUT2D eigenvalue weighted by Crippen LogP contribution is 2.33. The van der Waals surface area contributed by atoms with Crippen LogP contribution in [0, 0.1) is 13.8 Å². The molecule has 210 valence electrons. The Bertz CT molecular complexity index is 1050. The molecule has 0 aliphatic carbocycles. The maximum Gasteiger partial charge on any atom is 0.212 e. The van der Waals surface area contributed by atoms with Crippen molar-refractivity contribution in [2.45, 2.75) is 79.7 Å². The van der Waals surface area contributed by atoms with Crippen LogP contribution < -0.4 is 10.6 Å². The highest BCUT2D eigenvalue weighted by molar-refractivity contribution is 6.05. The van der Waals surface area contributed by atoms with Gasteiger partial charge in [-0.1, -0.05) is 27.7 Å². The van der Waals surface area contributed by atoms with Crippen molar-refractivity contribution in [2.24, 2.45) is 4.99 Å². The van der Waals surface area contributed by atoms with Crippen molar-refractivity contribution < 1.29 is 14.7 Å². The first-order chi connectivity index (χ1) is 17.9. The first kappa shape index (κ1) is 32.8. The molecule has 10 heteroatoms. The summed E-state index contributed by atoms with van der Waals surface area (Å²) in [5, 5.41) is 16.2. The third-order valence-electron chi connectivity index (χ3n) is 5.80. The number of aliphatic hydroxyl groups excluding tert-OH is 1. The van der Waals surface area contributed by atoms with Crippen molar-refractivity contribution in [1.29, 1.82) is 0 Å². The van der Waals surface area contributed by atoms with E-state index in [1.165, 1.54) is 0 Å². The van der Waals surface area contributed by atoms with E-state index in [1.54, 1.807) is 6.33 Å². The van der Waals surface area contributed by atoms with Crippen molar-refractivity contribution in [3.8, 4) is 0 Å². The molecule has 0 atom stereocenters. The zero-order chi connectivity index (χ0) is 29.0. The second kappa shape index (κ2) is 15.2. The summed E-state index contributed by atoms with van der Waals surface area (Å²) in [5.74, 6) is 1.29. The van der Waals surface area contributed by atoms with Gasteiger partial charge < -0.3 is 25.4 Å². The standard InChI is InChI=1S/C27H43N7O2.CH2O/c1-17(2)22-24(23(18(3)4)29-15-28-22)33-26(34(12-13-35)11-10-31-27(7,8)9)21-14-19(5)20(6)32-25(21)30-16-36;1-2/h14-18,31,35H,10-13H2,1-9H3,(H,30,32,36);1H2. The second-order valence-corrected chi connectivity index (χ2v) is 10.7. The third kappa shape index (κ3) is 9.25. The van der Waals surface area contributed by atoms with E-state index in [0.717, 1.165) is 28.3 Å². The summed E-state index contributed by atoms with van der Waals surface area (Å²) in [5.41, 5.74) is 4.84. The minimum Gasteiger partial charge on any atom is -0.395 e. The lowest BCUT2D eigenvalue weighted by atomic mass is 10.0. The molecule has 0 spiro atoms. The fraction of sp³-hybridized carbons (Fsp3) is 0.571. The van der Waals surface area contributed by atoms with E-state index >= 15 is 0 Å². The van der Waals surface area contributed by atoms with E-state index in [-0.39, 0.29) is 24.0 Å². The zero-order valence-electron chi connectivity index (χ0n) is 24.4. The van der Waals surface area contributed by atoms with Gasteiger partial charge in [-0.3, -0.25) is 4.79 Å². The third-order valence-corrected chi connectivity index (χ3v) is 5.80. The number of aliphatic hydroxyl groups is 1. The van der Waals surface area contributed by atoms with Gasteiger partial charge in [-0.25, -0.2) is 19.9 Å². The Morgan fingerprint density at radius 3 is 2.16 bits per heavy atom. The molecule has 3 N–H and O–H groups in total. The SMILES string of the molecule is C=O.Cc1cc(C(=Nc2c(C(C)C)ncnc2C(C)C)N(CCO)CCNC(C)(C)C)c(NC=O)nc1C. The predicted molar refractivity (Wildman–Crippen MR) is 153 cm³/mol. The molecule has 0 saturated carbocycles. The molecule has 0 unspecified atom stereocenters. The predicted octanol–water partition coefficient (Wildman–Crippen LogP) is 3.88. The summed E-state index contributed by atoms with van der Waals surface area (Å²) in [7, 11) is 0. The van der Waals surface area contributed by atoms with Crippen LogP contribution in [0.5, 0.6) is 0 Å². The van der Waals surface area contributed by atoms with Gasteiger partial charge >= 0.3 is 0 Å². The van der Waals surface area contributed by atoms with Crippen molar-refractivity contribution in [1.82, 2.24) is 25.2 Å². The molecular formula is C28H45N7O3. The summed E-state index contributed by atoms with van der Waals surface area (Å²) in [4.78, 5) is 40.5. The average Bonchev–Trinajstić information content (AvgIpc) is 2.84. The van der Waals surface area contributed by atoms with Gasteiger partial charge in [-0.2, -0.15) is 0 Å². The topological polar surface area (TPSA) is 133 Å². The van der Waals surface area contributed by atoms with Gasteiger partial charge in [0.15, 0.2) is 0 Å². The van der Waals surface area contributed by atoms with Crippen LogP contribution >= 0.6 is 0 Å². The Labute approximate surface area is 227 Å². The van der Waals surface area contributed by atoms with Gasteiger partial charge in [-0.05, 0) is 58.1 Å². The second-order valence-electron chi connectivity index (χ2n) is 10.7. The van der Waals surface area contributed by atoms with Gasteiger partial charge in [0.2, 0.25) is 6.41 Å².